The predicted octanol–water partition coefficient (Wildman–Crippen LogP) is 4.22. The molecule has 0 aliphatic heterocycles. The third-order valence-corrected chi connectivity index (χ3v) is 2.65. The molecular weight excluding hydrogens is 263 g/mol. The normalized spacial score (nSPS) is 10.6. The van der Waals surface area contributed by atoms with Crippen molar-refractivity contribution in [3.8, 4) is 5.75 Å². The molecule has 0 saturated heterocycles. The van der Waals surface area contributed by atoms with Crippen molar-refractivity contribution in [3.05, 3.63) is 28.2 Å². The molecule has 0 N–H and O–H groups in total. The Morgan fingerprint density at radius 2 is 2.14 bits per heavy atom. The van der Waals surface area contributed by atoms with Crippen LogP contribution in [0.2, 0.25) is 0 Å². The van der Waals surface area contributed by atoms with Gasteiger partial charge in [0.05, 0.1) is 11.1 Å². The average molecular weight is 278 g/mol. The Morgan fingerprint density at radius 3 is 2.64 bits per heavy atom. The number of alkyl halides is 1. The summed E-state index contributed by atoms with van der Waals surface area (Å²) in [6, 6.07) is 5.92. The third kappa shape index (κ3) is 3.50. The molecule has 0 fully saturated rings. The first-order chi connectivity index (χ1) is 6.63. The molecule has 0 bridgehead atoms. The van der Waals surface area contributed by atoms with E-state index in [1.54, 1.807) is 0 Å². The molecule has 0 radical (unpaired) electrons. The van der Waals surface area contributed by atoms with Crippen molar-refractivity contribution in [3.63, 3.8) is 0 Å². The maximum absolute atomic E-state index is 5.72. The number of benzene rings is 1. The van der Waals surface area contributed by atoms with Crippen LogP contribution in [0, 0.1) is 5.92 Å². The van der Waals surface area contributed by atoms with Crippen molar-refractivity contribution in [2.75, 3.05) is 6.61 Å². The molecule has 0 aromatic heterocycles. The monoisotopic (exact) mass is 276 g/mol. The minimum absolute atomic E-state index is 0.531. The lowest BCUT2D eigenvalue weighted by Crippen LogP contribution is -2.04. The molecule has 1 rings (SSSR count). The summed E-state index contributed by atoms with van der Waals surface area (Å²) < 4.78 is 6.58. The second-order valence-corrected chi connectivity index (χ2v) is 4.72. The van der Waals surface area contributed by atoms with E-state index in [2.05, 4.69) is 29.8 Å². The quantitative estimate of drug-likeness (QED) is 0.749. The number of rotatable bonds is 4. The van der Waals surface area contributed by atoms with Gasteiger partial charge in [0.1, 0.15) is 5.75 Å². The van der Waals surface area contributed by atoms with Crippen LogP contribution in [-0.2, 0) is 5.88 Å². The Hall–Kier alpha value is -0.210. The maximum atomic E-state index is 5.72. The van der Waals surface area contributed by atoms with E-state index in [1.807, 2.05) is 18.2 Å². The van der Waals surface area contributed by atoms with Gasteiger partial charge in [-0.3, -0.25) is 0 Å². The lowest BCUT2D eigenvalue weighted by molar-refractivity contribution is 0.269. The standard InChI is InChI=1S/C11H14BrClO/c1-8(2)7-14-11-4-3-9(6-13)5-10(11)12/h3-5,8H,6-7H2,1-2H3. The highest BCUT2D eigenvalue weighted by Crippen LogP contribution is 2.26. The summed E-state index contributed by atoms with van der Waals surface area (Å²) in [4.78, 5) is 0. The van der Waals surface area contributed by atoms with Crippen LogP contribution in [0.1, 0.15) is 19.4 Å². The Kier molecular flexibility index (Phi) is 4.76. The van der Waals surface area contributed by atoms with Gasteiger partial charge < -0.3 is 4.74 Å². The van der Waals surface area contributed by atoms with Crippen LogP contribution in [0.3, 0.4) is 0 Å². The number of hydrogen-bond donors (Lipinski definition) is 0. The van der Waals surface area contributed by atoms with Crippen LogP contribution in [0.15, 0.2) is 22.7 Å². The second kappa shape index (κ2) is 5.62. The SMILES string of the molecule is CC(C)COc1ccc(CCl)cc1Br. The van der Waals surface area contributed by atoms with Gasteiger partial charge in [-0.05, 0) is 39.5 Å². The van der Waals surface area contributed by atoms with Gasteiger partial charge in [-0.25, -0.2) is 0 Å². The van der Waals surface area contributed by atoms with E-state index < -0.39 is 0 Å². The fourth-order valence-electron chi connectivity index (χ4n) is 1.00. The van der Waals surface area contributed by atoms with Crippen LogP contribution < -0.4 is 4.74 Å². The molecule has 3 heteroatoms. The summed E-state index contributed by atoms with van der Waals surface area (Å²) in [6.07, 6.45) is 0. The molecule has 0 aliphatic carbocycles. The Labute approximate surface area is 98.5 Å². The lowest BCUT2D eigenvalue weighted by atomic mass is 10.2. The van der Waals surface area contributed by atoms with Crippen molar-refractivity contribution >= 4 is 27.5 Å². The molecule has 0 amide bonds. The molecule has 0 unspecified atom stereocenters. The Bertz CT molecular complexity index is 299. The van der Waals surface area contributed by atoms with Gasteiger partial charge in [-0.2, -0.15) is 0 Å². The van der Waals surface area contributed by atoms with Crippen LogP contribution in [0.4, 0.5) is 0 Å². The fraction of sp³-hybridized carbons (Fsp3) is 0.455. The Morgan fingerprint density at radius 1 is 1.43 bits per heavy atom. The van der Waals surface area contributed by atoms with E-state index in [0.717, 1.165) is 22.4 Å². The number of halogens is 2. The van der Waals surface area contributed by atoms with E-state index in [1.165, 1.54) is 0 Å². The van der Waals surface area contributed by atoms with E-state index >= 15 is 0 Å². The van der Waals surface area contributed by atoms with Crippen molar-refractivity contribution in [2.24, 2.45) is 5.92 Å². The molecule has 14 heavy (non-hydrogen) atoms. The highest BCUT2D eigenvalue weighted by Gasteiger charge is 2.03. The fourth-order valence-corrected chi connectivity index (χ4v) is 1.71. The van der Waals surface area contributed by atoms with Gasteiger partial charge in [0, 0.05) is 5.88 Å². The van der Waals surface area contributed by atoms with Gasteiger partial charge in [0.2, 0.25) is 0 Å². The molecule has 0 atom stereocenters. The lowest BCUT2D eigenvalue weighted by Gasteiger charge is -2.10. The zero-order valence-electron chi connectivity index (χ0n) is 8.39. The average Bonchev–Trinajstić information content (AvgIpc) is 2.15. The maximum Gasteiger partial charge on any atom is 0.133 e. The largest absolute Gasteiger partial charge is 0.492 e. The van der Waals surface area contributed by atoms with E-state index in [-0.39, 0.29) is 0 Å². The topological polar surface area (TPSA) is 9.23 Å². The van der Waals surface area contributed by atoms with Crippen LogP contribution in [0.5, 0.6) is 5.75 Å². The van der Waals surface area contributed by atoms with Gasteiger partial charge in [-0.15, -0.1) is 11.6 Å². The summed E-state index contributed by atoms with van der Waals surface area (Å²) >= 11 is 9.17. The molecule has 0 aliphatic rings. The predicted molar refractivity (Wildman–Crippen MR) is 64.0 cm³/mol. The van der Waals surface area contributed by atoms with Crippen molar-refractivity contribution in [2.45, 2.75) is 19.7 Å². The minimum Gasteiger partial charge on any atom is -0.492 e. The summed E-state index contributed by atoms with van der Waals surface area (Å²) in [5, 5.41) is 0. The molecule has 0 saturated carbocycles. The summed E-state index contributed by atoms with van der Waals surface area (Å²) in [6.45, 7) is 4.99. The van der Waals surface area contributed by atoms with Crippen molar-refractivity contribution in [1.29, 1.82) is 0 Å². The smallest absolute Gasteiger partial charge is 0.133 e. The Balaban J connectivity index is 2.69. The first-order valence-electron chi connectivity index (χ1n) is 4.60. The van der Waals surface area contributed by atoms with Gasteiger partial charge >= 0.3 is 0 Å². The third-order valence-electron chi connectivity index (χ3n) is 1.72. The first kappa shape index (κ1) is 11.9. The van der Waals surface area contributed by atoms with Crippen molar-refractivity contribution in [1.82, 2.24) is 0 Å². The molecule has 0 heterocycles. The van der Waals surface area contributed by atoms with Crippen LogP contribution in [0.25, 0.3) is 0 Å². The zero-order valence-corrected chi connectivity index (χ0v) is 10.7. The first-order valence-corrected chi connectivity index (χ1v) is 5.93. The molecule has 1 nitrogen and oxygen atoms in total. The van der Waals surface area contributed by atoms with E-state index in [0.29, 0.717) is 11.8 Å². The minimum atomic E-state index is 0.531. The zero-order chi connectivity index (χ0) is 10.6. The van der Waals surface area contributed by atoms with E-state index in [9.17, 15) is 0 Å². The molecule has 78 valence electrons. The molecule has 1 aromatic carbocycles. The number of ether oxygens (including phenoxy) is 1. The van der Waals surface area contributed by atoms with E-state index in [4.69, 9.17) is 16.3 Å². The summed E-state index contributed by atoms with van der Waals surface area (Å²) in [5.74, 6) is 1.95. The molecule has 0 spiro atoms. The van der Waals surface area contributed by atoms with Gasteiger partial charge in [0.25, 0.3) is 0 Å². The highest BCUT2D eigenvalue weighted by atomic mass is 79.9. The van der Waals surface area contributed by atoms with Crippen LogP contribution in [-0.4, -0.2) is 6.61 Å². The molecular formula is C11H14BrClO. The van der Waals surface area contributed by atoms with Gasteiger partial charge in [0.15, 0.2) is 0 Å². The highest BCUT2D eigenvalue weighted by molar-refractivity contribution is 9.10. The summed E-state index contributed by atoms with van der Waals surface area (Å²) in [7, 11) is 0. The van der Waals surface area contributed by atoms with Crippen LogP contribution >= 0.6 is 27.5 Å². The second-order valence-electron chi connectivity index (χ2n) is 3.60. The number of hydrogen-bond acceptors (Lipinski definition) is 1. The molecule has 1 aromatic rings. The van der Waals surface area contributed by atoms with Crippen molar-refractivity contribution < 1.29 is 4.74 Å². The van der Waals surface area contributed by atoms with Gasteiger partial charge in [-0.1, -0.05) is 19.9 Å². The summed E-state index contributed by atoms with van der Waals surface area (Å²) in [5.41, 5.74) is 1.09.